The lowest BCUT2D eigenvalue weighted by Crippen LogP contribution is -2.26. The van der Waals surface area contributed by atoms with E-state index in [9.17, 15) is 10.2 Å². The molecule has 0 spiro atoms. The van der Waals surface area contributed by atoms with Gasteiger partial charge in [0.1, 0.15) is 18.5 Å². The van der Waals surface area contributed by atoms with Crippen molar-refractivity contribution >= 4 is 0 Å². The summed E-state index contributed by atoms with van der Waals surface area (Å²) in [7, 11) is 0. The van der Waals surface area contributed by atoms with Gasteiger partial charge >= 0.3 is 0 Å². The Morgan fingerprint density at radius 2 is 2.19 bits per heavy atom. The minimum atomic E-state index is -0.671. The Morgan fingerprint density at radius 3 is 2.96 bits per heavy atom. The van der Waals surface area contributed by atoms with Crippen LogP contribution in [0.1, 0.15) is 38.2 Å². The first-order valence-electron chi connectivity index (χ1n) is 9.72. The lowest BCUT2D eigenvalue weighted by Gasteiger charge is -2.17. The number of nitrogens with one attached hydrogen (secondary N) is 1. The maximum Gasteiger partial charge on any atom is 0.119 e. The predicted molar refractivity (Wildman–Crippen MR) is 106 cm³/mol. The average molecular weight is 360 g/mol. The molecule has 0 unspecified atom stereocenters. The van der Waals surface area contributed by atoms with Crippen LogP contribution in [-0.4, -0.2) is 41.6 Å². The number of ether oxygens (including phenoxy) is 1. The van der Waals surface area contributed by atoms with E-state index in [-0.39, 0.29) is 24.7 Å². The van der Waals surface area contributed by atoms with E-state index in [4.69, 9.17) is 4.74 Å². The molecule has 1 fully saturated rings. The summed E-state index contributed by atoms with van der Waals surface area (Å²) in [6.07, 6.45) is 11.4. The largest absolute Gasteiger partial charge is 0.491 e. The number of hydrogen-bond acceptors (Lipinski definition) is 4. The lowest BCUT2D eigenvalue weighted by molar-refractivity contribution is 0.139. The van der Waals surface area contributed by atoms with Crippen LogP contribution < -0.4 is 10.1 Å². The summed E-state index contributed by atoms with van der Waals surface area (Å²) in [5.74, 6) is 0.913. The number of hydrogen-bond donors (Lipinski definition) is 3. The number of allylic oxidation sites excluding steroid dienone is 2. The number of aryl methyl sites for hydroxylation is 1. The van der Waals surface area contributed by atoms with Crippen molar-refractivity contribution in [2.24, 2.45) is 5.92 Å². The molecule has 1 heterocycles. The van der Waals surface area contributed by atoms with Gasteiger partial charge in [-0.05, 0) is 37.5 Å². The molecule has 4 nitrogen and oxygen atoms in total. The highest BCUT2D eigenvalue weighted by Crippen LogP contribution is 2.22. The van der Waals surface area contributed by atoms with E-state index >= 15 is 0 Å². The lowest BCUT2D eigenvalue weighted by atomic mass is 9.93. The van der Waals surface area contributed by atoms with Gasteiger partial charge in [-0.1, -0.05) is 56.2 Å². The molecule has 4 heteroatoms. The minimum absolute atomic E-state index is 0.0782. The third-order valence-corrected chi connectivity index (χ3v) is 4.77. The molecule has 0 saturated carbocycles. The Kier molecular flexibility index (Phi) is 8.89. The molecule has 0 bridgehead atoms. The van der Waals surface area contributed by atoms with E-state index in [0.717, 1.165) is 24.2 Å². The molecule has 144 valence electrons. The molecule has 0 aromatic heterocycles. The van der Waals surface area contributed by atoms with E-state index < -0.39 is 6.10 Å². The van der Waals surface area contributed by atoms with Gasteiger partial charge in [-0.15, -0.1) is 0 Å². The van der Waals surface area contributed by atoms with Gasteiger partial charge in [0.25, 0.3) is 0 Å². The zero-order chi connectivity index (χ0) is 18.8. The molecule has 1 aromatic rings. The van der Waals surface area contributed by atoms with Gasteiger partial charge in [-0.3, -0.25) is 0 Å². The van der Waals surface area contributed by atoms with Crippen molar-refractivity contribution in [1.82, 2.24) is 5.32 Å². The molecule has 1 aromatic carbocycles. The van der Waals surface area contributed by atoms with Gasteiger partial charge in [0.15, 0.2) is 0 Å². The summed E-state index contributed by atoms with van der Waals surface area (Å²) < 4.78 is 5.63. The predicted octanol–water partition coefficient (Wildman–Crippen LogP) is 3.38. The first kappa shape index (κ1) is 20.7. The van der Waals surface area contributed by atoms with Crippen LogP contribution in [0.3, 0.4) is 0 Å². The molecular formula is C22H33NO3. The zero-order valence-electron chi connectivity index (χ0n) is 16.0. The van der Waals surface area contributed by atoms with Gasteiger partial charge in [0, 0.05) is 18.5 Å². The Bertz CT molecular complexity index is 585. The van der Waals surface area contributed by atoms with Crippen molar-refractivity contribution in [3.05, 3.63) is 54.1 Å². The average Bonchev–Trinajstić information content (AvgIpc) is 2.98. The summed E-state index contributed by atoms with van der Waals surface area (Å²) in [6.45, 7) is 5.01. The number of β-amino-alcohol motifs (C(OH)–C–C–N with tert-alkyl or cyclic N) is 1. The van der Waals surface area contributed by atoms with Crippen LogP contribution in [0.25, 0.3) is 0 Å². The normalized spacial score (nSPS) is 24.5. The minimum Gasteiger partial charge on any atom is -0.491 e. The molecule has 1 saturated heterocycles. The number of unbranched alkanes of at least 4 members (excludes halogenated alkanes) is 2. The van der Waals surface area contributed by atoms with Gasteiger partial charge in [-0.2, -0.15) is 0 Å². The number of aliphatic hydroxyl groups is 2. The summed E-state index contributed by atoms with van der Waals surface area (Å²) in [5, 5.41) is 23.7. The monoisotopic (exact) mass is 359 g/mol. The fourth-order valence-corrected chi connectivity index (χ4v) is 3.20. The fraction of sp³-hybridized carbons (Fsp3) is 0.545. The van der Waals surface area contributed by atoms with Crippen LogP contribution in [0, 0.1) is 12.8 Å². The van der Waals surface area contributed by atoms with E-state index in [1.165, 1.54) is 12.8 Å². The highest BCUT2D eigenvalue weighted by Gasteiger charge is 2.31. The second-order valence-electron chi connectivity index (χ2n) is 7.09. The van der Waals surface area contributed by atoms with E-state index in [1.807, 2.05) is 37.3 Å². The van der Waals surface area contributed by atoms with Gasteiger partial charge in [0.05, 0.1) is 6.10 Å². The molecule has 0 amide bonds. The Hall–Kier alpha value is -1.62. The molecule has 0 aliphatic carbocycles. The SMILES string of the molecule is CCCC/C=C\C[C@H]1[C@@H](O)CN[C@@H]1/C=C/[C@@H](O)COc1cccc(C)c1. The first-order chi connectivity index (χ1) is 12.6. The van der Waals surface area contributed by atoms with Crippen molar-refractivity contribution in [3.63, 3.8) is 0 Å². The van der Waals surface area contributed by atoms with Crippen LogP contribution in [0.2, 0.25) is 0 Å². The Morgan fingerprint density at radius 1 is 1.35 bits per heavy atom. The summed E-state index contributed by atoms with van der Waals surface area (Å²) in [4.78, 5) is 0. The van der Waals surface area contributed by atoms with Crippen LogP contribution in [0.15, 0.2) is 48.6 Å². The van der Waals surface area contributed by atoms with Crippen LogP contribution in [0.5, 0.6) is 5.75 Å². The van der Waals surface area contributed by atoms with E-state index in [1.54, 1.807) is 6.08 Å². The van der Waals surface area contributed by atoms with Crippen LogP contribution >= 0.6 is 0 Å². The van der Waals surface area contributed by atoms with E-state index in [2.05, 4.69) is 24.4 Å². The molecule has 26 heavy (non-hydrogen) atoms. The molecule has 4 atom stereocenters. The molecular weight excluding hydrogens is 326 g/mol. The van der Waals surface area contributed by atoms with Crippen molar-refractivity contribution in [3.8, 4) is 5.75 Å². The summed E-state index contributed by atoms with van der Waals surface area (Å²) >= 11 is 0. The highest BCUT2D eigenvalue weighted by molar-refractivity contribution is 5.27. The number of rotatable bonds is 10. The molecule has 1 aliphatic heterocycles. The van der Waals surface area contributed by atoms with Gasteiger partial charge < -0.3 is 20.3 Å². The third-order valence-electron chi connectivity index (χ3n) is 4.77. The Labute approximate surface area is 157 Å². The van der Waals surface area contributed by atoms with Crippen molar-refractivity contribution in [2.75, 3.05) is 13.2 Å². The maximum absolute atomic E-state index is 10.2. The van der Waals surface area contributed by atoms with Gasteiger partial charge in [-0.25, -0.2) is 0 Å². The van der Waals surface area contributed by atoms with E-state index in [0.29, 0.717) is 6.54 Å². The van der Waals surface area contributed by atoms with Gasteiger partial charge in [0.2, 0.25) is 0 Å². The second kappa shape index (κ2) is 11.2. The quantitative estimate of drug-likeness (QED) is 0.443. The van der Waals surface area contributed by atoms with Crippen molar-refractivity contribution < 1.29 is 14.9 Å². The zero-order valence-corrected chi connectivity index (χ0v) is 16.0. The highest BCUT2D eigenvalue weighted by atomic mass is 16.5. The number of aliphatic hydroxyl groups excluding tert-OH is 2. The first-order valence-corrected chi connectivity index (χ1v) is 9.72. The second-order valence-corrected chi connectivity index (χ2v) is 7.09. The molecule has 1 aliphatic rings. The summed E-state index contributed by atoms with van der Waals surface area (Å²) in [5.41, 5.74) is 1.13. The van der Waals surface area contributed by atoms with Crippen molar-refractivity contribution in [1.29, 1.82) is 0 Å². The fourth-order valence-electron chi connectivity index (χ4n) is 3.20. The molecule has 2 rings (SSSR count). The van der Waals surface area contributed by atoms with Crippen LogP contribution in [-0.2, 0) is 0 Å². The smallest absolute Gasteiger partial charge is 0.119 e. The maximum atomic E-state index is 10.2. The van der Waals surface area contributed by atoms with Crippen LogP contribution in [0.4, 0.5) is 0 Å². The molecule has 0 radical (unpaired) electrons. The van der Waals surface area contributed by atoms with Crippen molar-refractivity contribution in [2.45, 2.75) is 57.8 Å². The Balaban J connectivity index is 1.79. The number of benzene rings is 1. The standard InChI is InChI=1S/C22H33NO3/c1-3-4-5-6-7-11-20-21(23-15-22(20)25)13-12-18(24)16-26-19-10-8-9-17(2)14-19/h6-10,12-14,18,20-25H,3-5,11,15-16H2,1-2H3/b7-6-,13-12+/t18-,20-,21-,22+/m1/s1. The topological polar surface area (TPSA) is 61.7 Å². The molecule has 3 N–H and O–H groups in total. The third kappa shape index (κ3) is 6.94. The summed E-state index contributed by atoms with van der Waals surface area (Å²) in [6, 6.07) is 7.87.